The Hall–Kier alpha value is -0.360. The molecule has 1 heterocycles. The second kappa shape index (κ2) is 4.04. The Morgan fingerprint density at radius 2 is 2.17 bits per heavy atom. The second-order valence-corrected chi connectivity index (χ2v) is 3.17. The summed E-state index contributed by atoms with van der Waals surface area (Å²) in [4.78, 5) is 0. The zero-order valence-electron chi connectivity index (χ0n) is 6.27. The molecule has 12 heavy (non-hydrogen) atoms. The lowest BCUT2D eigenvalue weighted by molar-refractivity contribution is 0.0107. The normalized spacial score (nSPS) is 16.0. The van der Waals surface area contributed by atoms with Gasteiger partial charge in [-0.2, -0.15) is 0 Å². The van der Waals surface area contributed by atoms with Crippen LogP contribution in [0.3, 0.4) is 0 Å². The minimum absolute atomic E-state index is 0.000510. The fraction of sp³-hybridized carbons (Fsp3) is 0.429. The van der Waals surface area contributed by atoms with E-state index in [9.17, 15) is 5.11 Å². The topological polar surface area (TPSA) is 79.6 Å². The van der Waals surface area contributed by atoms with Crippen molar-refractivity contribution in [1.29, 1.82) is 0 Å². The molecule has 1 rings (SSSR count). The minimum Gasteiger partial charge on any atom is -0.451 e. The molecule has 0 aliphatic carbocycles. The molecular formula is C7H10BrNO3. The first-order valence-corrected chi connectivity index (χ1v) is 4.26. The SMILES string of the molecule is NCC(O)C(O)c1ccc(Br)o1. The molecule has 0 saturated carbocycles. The van der Waals surface area contributed by atoms with Crippen LogP contribution in [0.15, 0.2) is 21.2 Å². The Kier molecular flexibility index (Phi) is 3.28. The largest absolute Gasteiger partial charge is 0.451 e. The highest BCUT2D eigenvalue weighted by Crippen LogP contribution is 2.22. The molecule has 5 heteroatoms. The van der Waals surface area contributed by atoms with E-state index < -0.39 is 12.2 Å². The molecule has 0 spiro atoms. The van der Waals surface area contributed by atoms with Crippen LogP contribution in [-0.2, 0) is 0 Å². The molecule has 4 nitrogen and oxygen atoms in total. The highest BCUT2D eigenvalue weighted by atomic mass is 79.9. The average Bonchev–Trinajstić information content (AvgIpc) is 2.49. The van der Waals surface area contributed by atoms with Gasteiger partial charge in [0.05, 0.1) is 6.10 Å². The summed E-state index contributed by atoms with van der Waals surface area (Å²) in [6, 6.07) is 3.22. The molecule has 0 aromatic carbocycles. The lowest BCUT2D eigenvalue weighted by Crippen LogP contribution is -2.26. The predicted molar refractivity (Wildman–Crippen MR) is 46.4 cm³/mol. The Morgan fingerprint density at radius 1 is 1.50 bits per heavy atom. The molecule has 68 valence electrons. The summed E-state index contributed by atoms with van der Waals surface area (Å²) in [5, 5.41) is 18.5. The van der Waals surface area contributed by atoms with Gasteiger partial charge in [0, 0.05) is 6.54 Å². The fourth-order valence-electron chi connectivity index (χ4n) is 0.806. The lowest BCUT2D eigenvalue weighted by atomic mass is 10.1. The van der Waals surface area contributed by atoms with Gasteiger partial charge in [0.2, 0.25) is 0 Å². The van der Waals surface area contributed by atoms with E-state index in [0.717, 1.165) is 0 Å². The summed E-state index contributed by atoms with van der Waals surface area (Å²) in [6.07, 6.45) is -2.04. The quantitative estimate of drug-likeness (QED) is 0.709. The number of aliphatic hydroxyl groups is 2. The molecule has 0 fully saturated rings. The summed E-state index contributed by atoms with van der Waals surface area (Å²) in [6.45, 7) is -0.000510. The minimum atomic E-state index is -1.05. The van der Waals surface area contributed by atoms with Gasteiger partial charge in [-0.15, -0.1) is 0 Å². The standard InChI is InChI=1S/C7H10BrNO3/c8-6-2-1-5(12-6)7(11)4(10)3-9/h1-2,4,7,10-11H,3,9H2. The Balaban J connectivity index is 2.70. The smallest absolute Gasteiger partial charge is 0.169 e. The summed E-state index contributed by atoms with van der Waals surface area (Å²) >= 11 is 3.08. The van der Waals surface area contributed by atoms with Crippen molar-refractivity contribution < 1.29 is 14.6 Å². The first kappa shape index (κ1) is 9.73. The van der Waals surface area contributed by atoms with Crippen molar-refractivity contribution in [1.82, 2.24) is 0 Å². The maximum Gasteiger partial charge on any atom is 0.169 e. The molecule has 2 atom stereocenters. The number of halogens is 1. The van der Waals surface area contributed by atoms with Gasteiger partial charge < -0.3 is 20.4 Å². The van der Waals surface area contributed by atoms with Crippen LogP contribution in [0.5, 0.6) is 0 Å². The van der Waals surface area contributed by atoms with Crippen LogP contribution in [0.25, 0.3) is 0 Å². The monoisotopic (exact) mass is 235 g/mol. The van der Waals surface area contributed by atoms with Crippen LogP contribution in [0, 0.1) is 0 Å². The molecule has 0 aliphatic heterocycles. The van der Waals surface area contributed by atoms with Crippen molar-refractivity contribution in [3.8, 4) is 0 Å². The summed E-state index contributed by atoms with van der Waals surface area (Å²) in [5.74, 6) is 0.305. The number of hydrogen-bond acceptors (Lipinski definition) is 4. The third kappa shape index (κ3) is 2.07. The van der Waals surface area contributed by atoms with Crippen molar-refractivity contribution in [3.63, 3.8) is 0 Å². The number of hydrogen-bond donors (Lipinski definition) is 3. The number of nitrogens with two attached hydrogens (primary N) is 1. The maximum atomic E-state index is 9.36. The molecular weight excluding hydrogens is 226 g/mol. The zero-order valence-corrected chi connectivity index (χ0v) is 7.86. The van der Waals surface area contributed by atoms with Gasteiger partial charge in [0.15, 0.2) is 4.67 Å². The second-order valence-electron chi connectivity index (χ2n) is 2.39. The fourth-order valence-corrected chi connectivity index (χ4v) is 1.12. The summed E-state index contributed by atoms with van der Waals surface area (Å²) in [7, 11) is 0. The molecule has 4 N–H and O–H groups in total. The average molecular weight is 236 g/mol. The van der Waals surface area contributed by atoms with E-state index in [1.54, 1.807) is 12.1 Å². The third-order valence-electron chi connectivity index (χ3n) is 1.49. The zero-order chi connectivity index (χ0) is 9.14. The first-order valence-electron chi connectivity index (χ1n) is 3.46. The molecule has 0 aliphatic rings. The molecule has 1 aromatic rings. The Bertz CT molecular complexity index is 251. The van der Waals surface area contributed by atoms with Gasteiger partial charge in [-0.3, -0.25) is 0 Å². The number of aliphatic hydroxyl groups excluding tert-OH is 2. The van der Waals surface area contributed by atoms with Gasteiger partial charge in [-0.1, -0.05) is 0 Å². The number of furan rings is 1. The highest BCUT2D eigenvalue weighted by molar-refractivity contribution is 9.10. The lowest BCUT2D eigenvalue weighted by Gasteiger charge is -2.12. The van der Waals surface area contributed by atoms with E-state index in [0.29, 0.717) is 10.4 Å². The van der Waals surface area contributed by atoms with Gasteiger partial charge in [0.25, 0.3) is 0 Å². The van der Waals surface area contributed by atoms with E-state index in [1.807, 2.05) is 0 Å². The van der Waals surface area contributed by atoms with Crippen molar-refractivity contribution in [2.75, 3.05) is 6.54 Å². The van der Waals surface area contributed by atoms with E-state index in [4.69, 9.17) is 15.3 Å². The van der Waals surface area contributed by atoms with Crippen molar-refractivity contribution >= 4 is 15.9 Å². The first-order chi connectivity index (χ1) is 5.65. The molecule has 0 bridgehead atoms. The maximum absolute atomic E-state index is 9.36. The van der Waals surface area contributed by atoms with Crippen molar-refractivity contribution in [3.05, 3.63) is 22.6 Å². The third-order valence-corrected chi connectivity index (χ3v) is 1.92. The van der Waals surface area contributed by atoms with Crippen LogP contribution < -0.4 is 5.73 Å². The van der Waals surface area contributed by atoms with E-state index >= 15 is 0 Å². The van der Waals surface area contributed by atoms with Crippen LogP contribution in [0.1, 0.15) is 11.9 Å². The van der Waals surface area contributed by atoms with Gasteiger partial charge in [-0.05, 0) is 28.1 Å². The van der Waals surface area contributed by atoms with Crippen LogP contribution in [-0.4, -0.2) is 22.9 Å². The van der Waals surface area contributed by atoms with Gasteiger partial charge in [0.1, 0.15) is 11.9 Å². The van der Waals surface area contributed by atoms with E-state index in [2.05, 4.69) is 15.9 Å². The van der Waals surface area contributed by atoms with Gasteiger partial charge >= 0.3 is 0 Å². The van der Waals surface area contributed by atoms with Crippen LogP contribution >= 0.6 is 15.9 Å². The van der Waals surface area contributed by atoms with Crippen molar-refractivity contribution in [2.24, 2.45) is 5.73 Å². The molecule has 0 radical (unpaired) electrons. The summed E-state index contributed by atoms with van der Waals surface area (Å²) in [5.41, 5.74) is 5.15. The number of rotatable bonds is 3. The van der Waals surface area contributed by atoms with E-state index in [1.165, 1.54) is 0 Å². The Labute approximate surface area is 78.1 Å². The molecule has 1 aromatic heterocycles. The molecule has 0 saturated heterocycles. The van der Waals surface area contributed by atoms with Crippen LogP contribution in [0.4, 0.5) is 0 Å². The van der Waals surface area contributed by atoms with E-state index in [-0.39, 0.29) is 6.54 Å². The molecule has 0 amide bonds. The van der Waals surface area contributed by atoms with Crippen LogP contribution in [0.2, 0.25) is 0 Å². The van der Waals surface area contributed by atoms with Crippen molar-refractivity contribution in [2.45, 2.75) is 12.2 Å². The highest BCUT2D eigenvalue weighted by Gasteiger charge is 2.19. The van der Waals surface area contributed by atoms with Gasteiger partial charge in [-0.25, -0.2) is 0 Å². The summed E-state index contributed by atoms with van der Waals surface area (Å²) < 4.78 is 5.53. The Morgan fingerprint density at radius 3 is 2.58 bits per heavy atom. The predicted octanol–water partition coefficient (Wildman–Crippen LogP) is 0.395. The molecule has 2 unspecified atom stereocenters.